The second-order valence-electron chi connectivity index (χ2n) is 6.57. The third kappa shape index (κ3) is 6.32. The van der Waals surface area contributed by atoms with Crippen LogP contribution in [0.2, 0.25) is 0 Å². The van der Waals surface area contributed by atoms with Crippen LogP contribution in [0, 0.1) is 5.92 Å². The van der Waals surface area contributed by atoms with Crippen molar-refractivity contribution in [3.8, 4) is 5.75 Å². The van der Waals surface area contributed by atoms with Gasteiger partial charge in [-0.3, -0.25) is 9.59 Å². The summed E-state index contributed by atoms with van der Waals surface area (Å²) in [6.45, 7) is 6.49. The van der Waals surface area contributed by atoms with Gasteiger partial charge in [0.1, 0.15) is 5.75 Å². The molecule has 0 unspecified atom stereocenters. The molecule has 2 rings (SSSR count). The lowest BCUT2D eigenvalue weighted by molar-refractivity contribution is -0.115. The third-order valence-corrected chi connectivity index (χ3v) is 4.95. The molecule has 0 aliphatic heterocycles. The van der Waals surface area contributed by atoms with E-state index in [4.69, 9.17) is 4.74 Å². The van der Waals surface area contributed by atoms with Crippen molar-refractivity contribution in [2.75, 3.05) is 19.0 Å². The minimum absolute atomic E-state index is 0.153. The van der Waals surface area contributed by atoms with Gasteiger partial charge in [0.2, 0.25) is 5.91 Å². The summed E-state index contributed by atoms with van der Waals surface area (Å²) in [4.78, 5) is 26.0. The Morgan fingerprint density at radius 2 is 1.70 bits per heavy atom. The highest BCUT2D eigenvalue weighted by molar-refractivity contribution is 8.00. The molecule has 5 nitrogen and oxygen atoms in total. The molecule has 27 heavy (non-hydrogen) atoms. The van der Waals surface area contributed by atoms with E-state index in [1.807, 2.05) is 45.0 Å². The average molecular weight is 387 g/mol. The minimum Gasteiger partial charge on any atom is -0.497 e. The van der Waals surface area contributed by atoms with Crippen molar-refractivity contribution in [1.29, 1.82) is 0 Å². The van der Waals surface area contributed by atoms with Crippen LogP contribution in [0.5, 0.6) is 5.75 Å². The first-order chi connectivity index (χ1) is 12.9. The van der Waals surface area contributed by atoms with E-state index in [2.05, 4.69) is 10.6 Å². The molecular formula is C21H26N2O3S. The van der Waals surface area contributed by atoms with Gasteiger partial charge in [-0.25, -0.2) is 0 Å². The van der Waals surface area contributed by atoms with Gasteiger partial charge in [0, 0.05) is 11.4 Å². The molecule has 0 heterocycles. The predicted molar refractivity (Wildman–Crippen MR) is 111 cm³/mol. The van der Waals surface area contributed by atoms with Gasteiger partial charge in [-0.2, -0.15) is 0 Å². The molecule has 6 heteroatoms. The monoisotopic (exact) mass is 386 g/mol. The fourth-order valence-electron chi connectivity index (χ4n) is 2.33. The Balaban J connectivity index is 2.02. The number of anilines is 1. The van der Waals surface area contributed by atoms with Crippen molar-refractivity contribution in [3.05, 3.63) is 54.1 Å². The molecule has 0 aromatic heterocycles. The van der Waals surface area contributed by atoms with E-state index in [1.165, 1.54) is 11.8 Å². The van der Waals surface area contributed by atoms with Gasteiger partial charge in [-0.15, -0.1) is 11.8 Å². The van der Waals surface area contributed by atoms with Crippen molar-refractivity contribution in [3.63, 3.8) is 0 Å². The quantitative estimate of drug-likeness (QED) is 0.667. The van der Waals surface area contributed by atoms with Gasteiger partial charge < -0.3 is 15.4 Å². The van der Waals surface area contributed by atoms with E-state index >= 15 is 0 Å². The molecule has 0 bridgehead atoms. The van der Waals surface area contributed by atoms with Gasteiger partial charge in [0.05, 0.1) is 23.6 Å². The SMILES string of the molecule is COc1ccc(S[C@@H](C)C(=O)Nc2ccccc2C(=O)NCC(C)C)cc1. The van der Waals surface area contributed by atoms with Crippen LogP contribution < -0.4 is 15.4 Å². The number of rotatable bonds is 8. The van der Waals surface area contributed by atoms with Crippen LogP contribution in [0.25, 0.3) is 0 Å². The summed E-state index contributed by atoms with van der Waals surface area (Å²) in [6, 6.07) is 14.6. The van der Waals surface area contributed by atoms with E-state index in [-0.39, 0.29) is 17.1 Å². The molecule has 0 saturated carbocycles. The van der Waals surface area contributed by atoms with Crippen molar-refractivity contribution < 1.29 is 14.3 Å². The smallest absolute Gasteiger partial charge is 0.253 e. The Hall–Kier alpha value is -2.47. The van der Waals surface area contributed by atoms with Crippen molar-refractivity contribution in [2.45, 2.75) is 30.9 Å². The van der Waals surface area contributed by atoms with E-state index in [0.717, 1.165) is 10.6 Å². The predicted octanol–water partition coefficient (Wildman–Crippen LogP) is 4.20. The van der Waals surface area contributed by atoms with Gasteiger partial charge in [-0.05, 0) is 49.2 Å². The Kier molecular flexibility index (Phi) is 7.73. The Bertz CT molecular complexity index is 775. The first-order valence-electron chi connectivity index (χ1n) is 8.89. The third-order valence-electron chi connectivity index (χ3n) is 3.84. The van der Waals surface area contributed by atoms with Crippen LogP contribution in [-0.2, 0) is 4.79 Å². The maximum atomic E-state index is 12.6. The summed E-state index contributed by atoms with van der Waals surface area (Å²) in [5.41, 5.74) is 0.985. The van der Waals surface area contributed by atoms with E-state index in [1.54, 1.807) is 31.4 Å². The number of nitrogens with one attached hydrogen (secondary N) is 2. The Labute approximate surface area is 164 Å². The molecule has 144 valence electrons. The summed E-state index contributed by atoms with van der Waals surface area (Å²) in [7, 11) is 1.62. The van der Waals surface area contributed by atoms with Crippen LogP contribution in [0.1, 0.15) is 31.1 Å². The largest absolute Gasteiger partial charge is 0.497 e. The number of hydrogen-bond donors (Lipinski definition) is 2. The molecule has 2 aromatic rings. The number of para-hydroxylation sites is 1. The summed E-state index contributed by atoms with van der Waals surface area (Å²) < 4.78 is 5.14. The molecule has 0 aliphatic rings. The number of carbonyl (C=O) groups is 2. The second-order valence-corrected chi connectivity index (χ2v) is 7.99. The number of thioether (sulfide) groups is 1. The summed E-state index contributed by atoms with van der Waals surface area (Å²) in [5, 5.41) is 5.45. The van der Waals surface area contributed by atoms with Gasteiger partial charge >= 0.3 is 0 Å². The molecule has 2 aromatic carbocycles. The van der Waals surface area contributed by atoms with Crippen LogP contribution in [0.4, 0.5) is 5.69 Å². The maximum absolute atomic E-state index is 12.6. The van der Waals surface area contributed by atoms with Gasteiger partial charge in [0.25, 0.3) is 5.91 Å². The van der Waals surface area contributed by atoms with E-state index in [0.29, 0.717) is 23.7 Å². The summed E-state index contributed by atoms with van der Waals surface area (Å²) in [5.74, 6) is 0.796. The lowest BCUT2D eigenvalue weighted by Gasteiger charge is -2.15. The van der Waals surface area contributed by atoms with Crippen molar-refractivity contribution >= 4 is 29.3 Å². The highest BCUT2D eigenvalue weighted by Gasteiger charge is 2.18. The van der Waals surface area contributed by atoms with Crippen LogP contribution in [0.3, 0.4) is 0 Å². The summed E-state index contributed by atoms with van der Waals surface area (Å²) in [6.07, 6.45) is 0. The van der Waals surface area contributed by atoms with Crippen LogP contribution in [-0.4, -0.2) is 30.7 Å². The summed E-state index contributed by atoms with van der Waals surface area (Å²) >= 11 is 1.45. The van der Waals surface area contributed by atoms with Crippen molar-refractivity contribution in [1.82, 2.24) is 5.32 Å². The highest BCUT2D eigenvalue weighted by atomic mass is 32.2. The molecule has 1 atom stereocenters. The van der Waals surface area contributed by atoms with Crippen LogP contribution in [0.15, 0.2) is 53.4 Å². The zero-order valence-electron chi connectivity index (χ0n) is 16.1. The molecule has 0 saturated heterocycles. The van der Waals surface area contributed by atoms with Crippen LogP contribution >= 0.6 is 11.8 Å². The van der Waals surface area contributed by atoms with Crippen molar-refractivity contribution in [2.24, 2.45) is 5.92 Å². The lowest BCUT2D eigenvalue weighted by Crippen LogP contribution is -2.29. The number of hydrogen-bond acceptors (Lipinski definition) is 4. The highest BCUT2D eigenvalue weighted by Crippen LogP contribution is 2.26. The Morgan fingerprint density at radius 3 is 2.33 bits per heavy atom. The lowest BCUT2D eigenvalue weighted by atomic mass is 10.1. The molecule has 0 aliphatic carbocycles. The minimum atomic E-state index is -0.315. The average Bonchev–Trinajstić information content (AvgIpc) is 2.67. The zero-order valence-corrected chi connectivity index (χ0v) is 16.9. The standard InChI is InChI=1S/C21H26N2O3S/c1-14(2)13-22-21(25)18-7-5-6-8-19(18)23-20(24)15(3)27-17-11-9-16(26-4)10-12-17/h5-12,14-15H,13H2,1-4H3,(H,22,25)(H,23,24)/t15-/m0/s1. The normalized spacial score (nSPS) is 11.7. The number of amides is 2. The maximum Gasteiger partial charge on any atom is 0.253 e. The number of carbonyl (C=O) groups excluding carboxylic acids is 2. The fraction of sp³-hybridized carbons (Fsp3) is 0.333. The van der Waals surface area contributed by atoms with E-state index < -0.39 is 0 Å². The van der Waals surface area contributed by atoms with Gasteiger partial charge in [0.15, 0.2) is 0 Å². The number of ether oxygens (including phenoxy) is 1. The molecular weight excluding hydrogens is 360 g/mol. The fourth-order valence-corrected chi connectivity index (χ4v) is 3.20. The molecule has 0 radical (unpaired) electrons. The molecule has 2 N–H and O–H groups in total. The van der Waals surface area contributed by atoms with Gasteiger partial charge in [-0.1, -0.05) is 26.0 Å². The molecule has 2 amide bonds. The Morgan fingerprint density at radius 1 is 1.04 bits per heavy atom. The number of methoxy groups -OCH3 is 1. The molecule has 0 spiro atoms. The van der Waals surface area contributed by atoms with E-state index in [9.17, 15) is 9.59 Å². The topological polar surface area (TPSA) is 67.4 Å². The second kappa shape index (κ2) is 10.0. The number of benzene rings is 2. The zero-order chi connectivity index (χ0) is 19.8. The molecule has 0 fully saturated rings. The first kappa shape index (κ1) is 20.8. The first-order valence-corrected chi connectivity index (χ1v) is 9.77.